The Morgan fingerprint density at radius 3 is 1.20 bits per heavy atom. The van der Waals surface area contributed by atoms with Crippen molar-refractivity contribution in [3.05, 3.63) is 35.4 Å². The van der Waals surface area contributed by atoms with Crippen LogP contribution in [0.25, 0.3) is 0 Å². The van der Waals surface area contributed by atoms with Gasteiger partial charge in [-0.2, -0.15) is 0 Å². The van der Waals surface area contributed by atoms with Crippen molar-refractivity contribution >= 4 is 48.9 Å². The third-order valence-electron chi connectivity index (χ3n) is 8.21. The number of carbonyl (C=O) groups is 6. The first-order valence-electron chi connectivity index (χ1n) is 21.9. The molecular formula is C46H82N8O10. The quantitative estimate of drug-likeness (QED) is 0.0719. The first-order chi connectivity index (χ1) is 29.6. The third kappa shape index (κ3) is 36.2. The van der Waals surface area contributed by atoms with Crippen molar-refractivity contribution in [1.29, 1.82) is 0 Å². The standard InChI is InChI=1S/C14H17NO2.C12H23N3O4.C8H17N3O2.C7H15N.C5H10O2/c16-10-11-6-8-12(9-7-11)14(17)15-13-4-2-1-3-5-13;1-11(2,3)18-9(16)14-8(13-7)15-10(17)19-12(4,5)6;1-8(2,3)13-7(12)11-6(9-4)10-5;1-8-7-5-3-2-4-6-7;1-5(2,3)7-4-6/h6-10,13H,1-5H2,(H,15,17);1-7H3,(H2,13,14,15,16,17);1-5H3,(H2,9,10,11,12);7-8H,2-6H2,1H3;4H,1-3H3. The fourth-order valence-corrected chi connectivity index (χ4v) is 5.34. The van der Waals surface area contributed by atoms with E-state index in [1.165, 1.54) is 58.4 Å². The SMILES string of the molecule is CC(C)(C)OC=O.CN=C(NC(=O)OC(C)(C)C)NC(=O)OC(C)(C)C.CN=C(NC)NC(=O)OC(C)(C)C.CNC1CCCCC1.O=Cc1ccc(C(=O)NC2CCCCC2)cc1. The Balaban J connectivity index is 0. The molecule has 1 aromatic rings. The van der Waals surface area contributed by atoms with Gasteiger partial charge in [0.05, 0.1) is 0 Å². The predicted octanol–water partition coefficient (Wildman–Crippen LogP) is 7.80. The van der Waals surface area contributed by atoms with Crippen molar-refractivity contribution in [1.82, 2.24) is 31.9 Å². The highest BCUT2D eigenvalue weighted by molar-refractivity contribution is 6.01. The molecule has 0 radical (unpaired) electrons. The first-order valence-corrected chi connectivity index (χ1v) is 21.9. The molecule has 0 atom stereocenters. The van der Waals surface area contributed by atoms with Crippen molar-refractivity contribution in [2.45, 2.75) is 182 Å². The van der Waals surface area contributed by atoms with Crippen LogP contribution in [0, 0.1) is 0 Å². The largest absolute Gasteiger partial charge is 0.462 e. The number of rotatable bonds is 5. The van der Waals surface area contributed by atoms with E-state index >= 15 is 0 Å². The summed E-state index contributed by atoms with van der Waals surface area (Å²) in [4.78, 5) is 73.6. The van der Waals surface area contributed by atoms with Crippen molar-refractivity contribution in [2.75, 3.05) is 28.2 Å². The van der Waals surface area contributed by atoms with Crippen LogP contribution in [0.3, 0.4) is 0 Å². The number of carbonyl (C=O) groups excluding carboxylic acids is 6. The molecule has 0 spiro atoms. The molecule has 18 nitrogen and oxygen atoms in total. The number of alkyl carbamates (subject to hydrolysis) is 3. The van der Waals surface area contributed by atoms with Gasteiger partial charge in [-0.15, -0.1) is 0 Å². The summed E-state index contributed by atoms with van der Waals surface area (Å²) in [6.07, 6.45) is 11.8. The minimum atomic E-state index is -0.704. The zero-order chi connectivity index (χ0) is 49.6. The number of nitrogens with zero attached hydrogens (tertiary/aromatic N) is 2. The number of hydrogen-bond donors (Lipinski definition) is 6. The number of ether oxygens (including phenoxy) is 4. The van der Waals surface area contributed by atoms with Crippen LogP contribution in [0.15, 0.2) is 34.3 Å². The number of benzene rings is 1. The molecule has 0 aliphatic heterocycles. The number of amides is 4. The van der Waals surface area contributed by atoms with Crippen LogP contribution in [0.2, 0.25) is 0 Å². The Bertz CT molecular complexity index is 1550. The molecule has 2 aliphatic rings. The van der Waals surface area contributed by atoms with E-state index in [1.54, 1.807) is 101 Å². The lowest BCUT2D eigenvalue weighted by Crippen LogP contribution is -2.47. The van der Waals surface area contributed by atoms with Crippen molar-refractivity contribution in [3.63, 3.8) is 0 Å². The highest BCUT2D eigenvalue weighted by Gasteiger charge is 2.21. The van der Waals surface area contributed by atoms with Crippen LogP contribution in [0.5, 0.6) is 0 Å². The van der Waals surface area contributed by atoms with E-state index in [-0.39, 0.29) is 17.5 Å². The van der Waals surface area contributed by atoms with Crippen LogP contribution in [-0.2, 0) is 23.7 Å². The van der Waals surface area contributed by atoms with Crippen LogP contribution in [0.1, 0.15) is 168 Å². The Morgan fingerprint density at radius 1 is 0.562 bits per heavy atom. The van der Waals surface area contributed by atoms with E-state index in [9.17, 15) is 28.8 Å². The fourth-order valence-electron chi connectivity index (χ4n) is 5.34. The minimum Gasteiger partial charge on any atom is -0.462 e. The van der Waals surface area contributed by atoms with Crippen LogP contribution in [-0.4, -0.2) is 112 Å². The molecule has 3 rings (SSSR count). The molecule has 2 fully saturated rings. The number of hydrogen-bond acceptors (Lipinski definition) is 13. The molecule has 366 valence electrons. The number of aliphatic imine (C=N–C) groups is 2. The molecule has 2 saturated carbocycles. The van der Waals surface area contributed by atoms with E-state index < -0.39 is 35.1 Å². The number of guanidine groups is 2. The van der Waals surface area contributed by atoms with Gasteiger partial charge < -0.3 is 34.9 Å². The summed E-state index contributed by atoms with van der Waals surface area (Å²) >= 11 is 0. The van der Waals surface area contributed by atoms with Crippen molar-refractivity contribution in [2.24, 2.45) is 9.98 Å². The van der Waals surface area contributed by atoms with Gasteiger partial charge in [-0.3, -0.25) is 40.3 Å². The molecule has 0 saturated heterocycles. The minimum absolute atomic E-state index is 0.0330. The number of aldehydes is 1. The molecule has 0 bridgehead atoms. The Hall–Kier alpha value is -5.26. The Morgan fingerprint density at radius 2 is 0.938 bits per heavy atom. The van der Waals surface area contributed by atoms with Crippen LogP contribution < -0.4 is 31.9 Å². The highest BCUT2D eigenvalue weighted by atomic mass is 16.6. The zero-order valence-corrected chi connectivity index (χ0v) is 41.7. The maximum absolute atomic E-state index is 11.9. The molecular weight excluding hydrogens is 825 g/mol. The Kier molecular flexibility index (Phi) is 30.0. The van der Waals surface area contributed by atoms with Gasteiger partial charge in [-0.05, 0) is 128 Å². The van der Waals surface area contributed by atoms with Gasteiger partial charge >= 0.3 is 18.3 Å². The van der Waals surface area contributed by atoms with Crippen LogP contribution in [0.4, 0.5) is 14.4 Å². The molecule has 0 heterocycles. The summed E-state index contributed by atoms with van der Waals surface area (Å²) in [5.41, 5.74) is -0.845. The predicted molar refractivity (Wildman–Crippen MR) is 253 cm³/mol. The molecule has 64 heavy (non-hydrogen) atoms. The molecule has 18 heteroatoms. The van der Waals surface area contributed by atoms with E-state index in [1.807, 2.05) is 20.8 Å². The monoisotopic (exact) mass is 907 g/mol. The lowest BCUT2D eigenvalue weighted by Gasteiger charge is -2.22. The lowest BCUT2D eigenvalue weighted by atomic mass is 9.95. The molecule has 2 aliphatic carbocycles. The molecule has 0 unspecified atom stereocenters. The Labute approximate surface area is 383 Å². The maximum Gasteiger partial charge on any atom is 0.414 e. The average molecular weight is 907 g/mol. The van der Waals surface area contributed by atoms with Gasteiger partial charge in [0.2, 0.25) is 5.96 Å². The smallest absolute Gasteiger partial charge is 0.414 e. The molecule has 4 amide bonds. The average Bonchev–Trinajstić information content (AvgIpc) is 3.19. The molecule has 1 aromatic carbocycles. The summed E-state index contributed by atoms with van der Waals surface area (Å²) < 4.78 is 19.6. The lowest BCUT2D eigenvalue weighted by molar-refractivity contribution is -0.138. The van der Waals surface area contributed by atoms with Gasteiger partial charge in [0.15, 0.2) is 5.96 Å². The van der Waals surface area contributed by atoms with Gasteiger partial charge in [0.25, 0.3) is 12.4 Å². The van der Waals surface area contributed by atoms with E-state index in [0.29, 0.717) is 29.6 Å². The topological polar surface area (TPSA) is 236 Å². The van der Waals surface area contributed by atoms with E-state index in [4.69, 9.17) is 14.2 Å². The normalized spacial score (nSPS) is 14.3. The highest BCUT2D eigenvalue weighted by Crippen LogP contribution is 2.18. The van der Waals surface area contributed by atoms with Gasteiger partial charge in [0.1, 0.15) is 28.7 Å². The number of nitrogens with one attached hydrogen (secondary N) is 6. The summed E-state index contributed by atoms with van der Waals surface area (Å²) in [6, 6.07) is 7.89. The van der Waals surface area contributed by atoms with Gasteiger partial charge in [-0.25, -0.2) is 14.4 Å². The summed E-state index contributed by atoms with van der Waals surface area (Å²) in [5, 5.41) is 16.1. The first kappa shape index (κ1) is 60.8. The molecule has 0 aromatic heterocycles. The maximum atomic E-state index is 11.9. The van der Waals surface area contributed by atoms with Gasteiger partial charge in [0, 0.05) is 44.4 Å². The van der Waals surface area contributed by atoms with E-state index in [2.05, 4.69) is 53.7 Å². The summed E-state index contributed by atoms with van der Waals surface area (Å²) in [6.45, 7) is 21.7. The fraction of sp³-hybridized carbons (Fsp3) is 0.696. The van der Waals surface area contributed by atoms with Crippen LogP contribution >= 0.6 is 0 Å². The summed E-state index contributed by atoms with van der Waals surface area (Å²) in [5.74, 6) is 0.312. The second-order valence-electron chi connectivity index (χ2n) is 18.8. The third-order valence-corrected chi connectivity index (χ3v) is 8.21. The second-order valence-corrected chi connectivity index (χ2v) is 18.8. The van der Waals surface area contributed by atoms with Gasteiger partial charge in [-0.1, -0.05) is 50.7 Å². The summed E-state index contributed by atoms with van der Waals surface area (Å²) in [7, 11) is 6.73. The van der Waals surface area contributed by atoms with E-state index in [0.717, 1.165) is 25.2 Å². The van der Waals surface area contributed by atoms with Crippen molar-refractivity contribution in [3.8, 4) is 0 Å². The second kappa shape index (κ2) is 31.6. The zero-order valence-electron chi connectivity index (χ0n) is 41.7. The van der Waals surface area contributed by atoms with Crippen molar-refractivity contribution < 1.29 is 47.7 Å². The molecule has 6 N–H and O–H groups in total.